The third-order valence-corrected chi connectivity index (χ3v) is 5.08. The van der Waals surface area contributed by atoms with E-state index in [1.54, 1.807) is 38.1 Å². The molecule has 8 heteroatoms. The van der Waals surface area contributed by atoms with E-state index in [4.69, 9.17) is 19.9 Å². The molecule has 170 valence electrons. The van der Waals surface area contributed by atoms with E-state index in [9.17, 15) is 14.9 Å². The zero-order chi connectivity index (χ0) is 24.0. The summed E-state index contributed by atoms with van der Waals surface area (Å²) < 4.78 is 16.3. The summed E-state index contributed by atoms with van der Waals surface area (Å²) in [5.41, 5.74) is 8.45. The summed E-state index contributed by atoms with van der Waals surface area (Å²) in [6.07, 6.45) is 0. The quantitative estimate of drug-likeness (QED) is 0.621. The van der Waals surface area contributed by atoms with Crippen LogP contribution in [0.5, 0.6) is 5.75 Å². The lowest BCUT2D eigenvalue weighted by molar-refractivity contribution is -0.139. The maximum absolute atomic E-state index is 12.6. The molecule has 1 heterocycles. The van der Waals surface area contributed by atoms with Crippen LogP contribution in [0.15, 0.2) is 71.3 Å². The maximum atomic E-state index is 12.6. The van der Waals surface area contributed by atoms with Crippen LogP contribution in [0.1, 0.15) is 30.9 Å². The molecule has 0 radical (unpaired) electrons. The molecule has 2 aromatic carbocycles. The highest BCUT2D eigenvalue weighted by Gasteiger charge is 2.36. The fourth-order valence-electron chi connectivity index (χ4n) is 3.52. The molecule has 3 rings (SSSR count). The molecule has 0 spiro atoms. The van der Waals surface area contributed by atoms with Gasteiger partial charge in [-0.3, -0.25) is 4.79 Å². The van der Waals surface area contributed by atoms with Crippen molar-refractivity contribution in [3.63, 3.8) is 0 Å². The van der Waals surface area contributed by atoms with Crippen molar-refractivity contribution in [1.82, 2.24) is 0 Å². The molecule has 0 bridgehead atoms. The molecular formula is C25H25N3O5. The van der Waals surface area contributed by atoms with Crippen LogP contribution < -0.4 is 15.8 Å². The highest BCUT2D eigenvalue weighted by Crippen LogP contribution is 2.40. The summed E-state index contributed by atoms with van der Waals surface area (Å²) in [6.45, 7) is 5.14. The van der Waals surface area contributed by atoms with Gasteiger partial charge in [0.2, 0.25) is 5.88 Å². The number of ether oxygens (including phenoxy) is 3. The zero-order valence-electron chi connectivity index (χ0n) is 18.7. The molecule has 8 nitrogen and oxygen atoms in total. The summed E-state index contributed by atoms with van der Waals surface area (Å²) in [6, 6.07) is 16.3. The Morgan fingerprint density at radius 2 is 1.94 bits per heavy atom. The largest absolute Gasteiger partial charge is 0.484 e. The van der Waals surface area contributed by atoms with Gasteiger partial charge in [-0.05, 0) is 50.1 Å². The number of nitrogens with zero attached hydrogens (tertiary/aromatic N) is 1. The van der Waals surface area contributed by atoms with Crippen molar-refractivity contribution in [2.24, 2.45) is 5.73 Å². The molecule has 1 aliphatic rings. The smallest absolute Gasteiger partial charge is 0.338 e. The van der Waals surface area contributed by atoms with Crippen molar-refractivity contribution in [3.05, 3.63) is 82.4 Å². The number of esters is 1. The topological polar surface area (TPSA) is 124 Å². The van der Waals surface area contributed by atoms with Crippen molar-refractivity contribution in [2.75, 3.05) is 18.5 Å². The Hall–Kier alpha value is -4.25. The first-order valence-electron chi connectivity index (χ1n) is 10.4. The average Bonchev–Trinajstić information content (AvgIpc) is 2.79. The first kappa shape index (κ1) is 23.4. The van der Waals surface area contributed by atoms with Gasteiger partial charge in [0.1, 0.15) is 23.2 Å². The predicted molar refractivity (Wildman–Crippen MR) is 122 cm³/mol. The molecule has 1 aliphatic heterocycles. The Morgan fingerprint density at radius 1 is 1.18 bits per heavy atom. The predicted octanol–water partition coefficient (Wildman–Crippen LogP) is 3.66. The van der Waals surface area contributed by atoms with Gasteiger partial charge in [-0.1, -0.05) is 30.3 Å². The van der Waals surface area contributed by atoms with E-state index in [1.165, 1.54) is 0 Å². The first-order valence-corrected chi connectivity index (χ1v) is 10.4. The molecule has 1 amide bonds. The summed E-state index contributed by atoms with van der Waals surface area (Å²) in [4.78, 5) is 25.0. The molecule has 0 saturated carbocycles. The lowest BCUT2D eigenvalue weighted by Crippen LogP contribution is -2.25. The van der Waals surface area contributed by atoms with E-state index in [1.807, 2.05) is 37.3 Å². The van der Waals surface area contributed by atoms with Crippen LogP contribution in [0.4, 0.5) is 5.69 Å². The SMILES string of the molecule is CCOC(=O)C1=C(C)OC(N)=C(C#N)C1c1cccc(OCC(=O)Nc2ccccc2C)c1. The number of rotatable bonds is 7. The fourth-order valence-corrected chi connectivity index (χ4v) is 3.52. The second kappa shape index (κ2) is 10.4. The zero-order valence-corrected chi connectivity index (χ0v) is 18.7. The number of para-hydroxylation sites is 1. The standard InChI is InChI=1S/C25H25N3O5/c1-4-31-25(30)22-16(3)33-24(27)19(13-26)23(22)17-9-7-10-18(12-17)32-14-21(29)28-20-11-6-5-8-15(20)2/h5-12,23H,4,14,27H2,1-3H3,(H,28,29). The molecule has 0 saturated heterocycles. The third kappa shape index (κ3) is 5.33. The van der Waals surface area contributed by atoms with Crippen LogP contribution in [-0.2, 0) is 19.1 Å². The van der Waals surface area contributed by atoms with E-state index in [2.05, 4.69) is 5.32 Å². The molecular weight excluding hydrogens is 422 g/mol. The van der Waals surface area contributed by atoms with Crippen LogP contribution in [0.3, 0.4) is 0 Å². The molecule has 1 atom stereocenters. The summed E-state index contributed by atoms with van der Waals surface area (Å²) in [7, 11) is 0. The van der Waals surface area contributed by atoms with Gasteiger partial charge in [0.05, 0.1) is 18.1 Å². The Balaban J connectivity index is 1.83. The number of anilines is 1. The summed E-state index contributed by atoms with van der Waals surface area (Å²) >= 11 is 0. The Labute approximate surface area is 192 Å². The van der Waals surface area contributed by atoms with Crippen LogP contribution in [-0.4, -0.2) is 25.1 Å². The third-order valence-electron chi connectivity index (χ3n) is 5.08. The highest BCUT2D eigenvalue weighted by molar-refractivity contribution is 5.93. The van der Waals surface area contributed by atoms with Crippen molar-refractivity contribution < 1.29 is 23.8 Å². The van der Waals surface area contributed by atoms with Gasteiger partial charge in [-0.15, -0.1) is 0 Å². The van der Waals surface area contributed by atoms with E-state index in [-0.39, 0.29) is 41.9 Å². The molecule has 3 N–H and O–H groups in total. The van der Waals surface area contributed by atoms with E-state index >= 15 is 0 Å². The number of amides is 1. The van der Waals surface area contributed by atoms with Crippen LogP contribution >= 0.6 is 0 Å². The molecule has 0 aromatic heterocycles. The monoisotopic (exact) mass is 447 g/mol. The van der Waals surface area contributed by atoms with Crippen molar-refractivity contribution >= 4 is 17.6 Å². The minimum Gasteiger partial charge on any atom is -0.484 e. The van der Waals surface area contributed by atoms with Gasteiger partial charge in [0.25, 0.3) is 5.91 Å². The highest BCUT2D eigenvalue weighted by atomic mass is 16.5. The van der Waals surface area contributed by atoms with Gasteiger partial charge in [0, 0.05) is 5.69 Å². The number of nitrogens with one attached hydrogen (secondary N) is 1. The summed E-state index contributed by atoms with van der Waals surface area (Å²) in [5, 5.41) is 12.5. The Kier molecular flexibility index (Phi) is 7.36. The van der Waals surface area contributed by atoms with Crippen molar-refractivity contribution in [2.45, 2.75) is 26.7 Å². The van der Waals surface area contributed by atoms with E-state index in [0.717, 1.165) is 5.56 Å². The lowest BCUT2D eigenvalue weighted by atomic mass is 9.83. The van der Waals surface area contributed by atoms with E-state index < -0.39 is 11.9 Å². The normalized spacial score (nSPS) is 15.4. The van der Waals surface area contributed by atoms with Gasteiger partial charge in [0.15, 0.2) is 6.61 Å². The molecule has 0 aliphatic carbocycles. The molecule has 33 heavy (non-hydrogen) atoms. The van der Waals surface area contributed by atoms with E-state index in [0.29, 0.717) is 17.0 Å². The van der Waals surface area contributed by atoms with Crippen LogP contribution in [0.2, 0.25) is 0 Å². The van der Waals surface area contributed by atoms with Crippen LogP contribution in [0, 0.1) is 18.3 Å². The number of nitrogens with two attached hydrogens (primary N) is 1. The number of hydrogen-bond acceptors (Lipinski definition) is 7. The minimum atomic E-state index is -0.785. The minimum absolute atomic E-state index is 0.0722. The lowest BCUT2D eigenvalue weighted by Gasteiger charge is -2.27. The maximum Gasteiger partial charge on any atom is 0.338 e. The van der Waals surface area contributed by atoms with Gasteiger partial charge in [-0.2, -0.15) is 5.26 Å². The molecule has 0 fully saturated rings. The second-order valence-electron chi connectivity index (χ2n) is 7.34. The number of allylic oxidation sites excluding steroid dienone is 2. The first-order chi connectivity index (χ1) is 15.8. The number of nitriles is 1. The van der Waals surface area contributed by atoms with Gasteiger partial charge < -0.3 is 25.3 Å². The average molecular weight is 447 g/mol. The number of carbonyl (C=O) groups is 2. The fraction of sp³-hybridized carbons (Fsp3) is 0.240. The van der Waals surface area contributed by atoms with Crippen molar-refractivity contribution in [1.29, 1.82) is 5.26 Å². The Morgan fingerprint density at radius 3 is 2.64 bits per heavy atom. The van der Waals surface area contributed by atoms with Gasteiger partial charge >= 0.3 is 5.97 Å². The number of carbonyl (C=O) groups excluding carboxylic acids is 2. The molecule has 2 aromatic rings. The second-order valence-corrected chi connectivity index (χ2v) is 7.34. The van der Waals surface area contributed by atoms with Gasteiger partial charge in [-0.25, -0.2) is 4.79 Å². The summed E-state index contributed by atoms with van der Waals surface area (Å²) in [5.74, 6) is -1.10. The van der Waals surface area contributed by atoms with Crippen molar-refractivity contribution in [3.8, 4) is 11.8 Å². The number of aryl methyl sites for hydroxylation is 1. The Bertz CT molecular complexity index is 1180. The number of hydrogen-bond donors (Lipinski definition) is 2. The molecule has 1 unspecified atom stereocenters. The van der Waals surface area contributed by atoms with Crippen LogP contribution in [0.25, 0.3) is 0 Å². The number of benzene rings is 2.